The average Bonchev–Trinajstić information content (AvgIpc) is 2.89. The lowest BCUT2D eigenvalue weighted by Gasteiger charge is -2.11. The highest BCUT2D eigenvalue weighted by molar-refractivity contribution is 5.67. The minimum absolute atomic E-state index is 0.495. The molecule has 0 amide bonds. The molecule has 1 aliphatic carbocycles. The molecular weight excluding hydrogens is 232 g/mol. The first-order valence-corrected chi connectivity index (χ1v) is 6.62. The first-order valence-electron chi connectivity index (χ1n) is 6.62. The molecule has 1 N–H and O–H groups in total. The van der Waals surface area contributed by atoms with E-state index >= 15 is 0 Å². The number of nitriles is 1. The molecule has 3 rings (SSSR count). The quantitative estimate of drug-likeness (QED) is 0.883. The zero-order valence-electron chi connectivity index (χ0n) is 11.0. The Kier molecular flexibility index (Phi) is 3.06. The predicted octanol–water partition coefficient (Wildman–Crippen LogP) is 3.43. The van der Waals surface area contributed by atoms with E-state index in [-0.39, 0.29) is 0 Å². The Balaban J connectivity index is 2.01. The molecule has 19 heavy (non-hydrogen) atoms. The number of benzene rings is 2. The highest BCUT2D eigenvalue weighted by Crippen LogP contribution is 2.34. The van der Waals surface area contributed by atoms with Gasteiger partial charge in [0.1, 0.15) is 0 Å². The van der Waals surface area contributed by atoms with Crippen LogP contribution in [0.5, 0.6) is 0 Å². The topological polar surface area (TPSA) is 35.8 Å². The third kappa shape index (κ3) is 2.14. The Morgan fingerprint density at radius 3 is 2.79 bits per heavy atom. The van der Waals surface area contributed by atoms with E-state index in [1.807, 2.05) is 25.2 Å². The number of hydrogen-bond donors (Lipinski definition) is 1. The molecule has 1 atom stereocenters. The molecular formula is C17H16N2. The zero-order chi connectivity index (χ0) is 13.2. The third-order valence-electron chi connectivity index (χ3n) is 3.89. The second kappa shape index (κ2) is 4.87. The Hall–Kier alpha value is -2.11. The van der Waals surface area contributed by atoms with Crippen molar-refractivity contribution in [1.29, 1.82) is 5.26 Å². The molecule has 2 nitrogen and oxygen atoms in total. The maximum Gasteiger partial charge on any atom is 0.0991 e. The van der Waals surface area contributed by atoms with Crippen molar-refractivity contribution in [2.24, 2.45) is 0 Å². The van der Waals surface area contributed by atoms with Crippen LogP contribution in [0.4, 0.5) is 0 Å². The van der Waals surface area contributed by atoms with E-state index in [1.165, 1.54) is 23.1 Å². The number of hydrogen-bond acceptors (Lipinski definition) is 2. The van der Waals surface area contributed by atoms with Gasteiger partial charge < -0.3 is 5.32 Å². The molecule has 1 aliphatic rings. The molecule has 0 saturated heterocycles. The molecule has 2 heteroatoms. The maximum atomic E-state index is 8.97. The van der Waals surface area contributed by atoms with Crippen molar-refractivity contribution in [3.05, 3.63) is 59.2 Å². The summed E-state index contributed by atoms with van der Waals surface area (Å²) in [4.78, 5) is 0. The summed E-state index contributed by atoms with van der Waals surface area (Å²) >= 11 is 0. The molecule has 0 saturated carbocycles. The number of nitrogens with one attached hydrogen (secondary N) is 1. The van der Waals surface area contributed by atoms with Crippen molar-refractivity contribution >= 4 is 0 Å². The van der Waals surface area contributed by atoms with E-state index in [0.717, 1.165) is 12.0 Å². The van der Waals surface area contributed by atoms with Crippen LogP contribution in [0.2, 0.25) is 0 Å². The van der Waals surface area contributed by atoms with Crippen LogP contribution in [0.3, 0.4) is 0 Å². The minimum atomic E-state index is 0.495. The molecule has 0 aromatic heterocycles. The smallest absolute Gasteiger partial charge is 0.0991 e. The van der Waals surface area contributed by atoms with E-state index < -0.39 is 0 Å². The van der Waals surface area contributed by atoms with Crippen molar-refractivity contribution in [2.75, 3.05) is 7.05 Å². The van der Waals surface area contributed by atoms with E-state index in [1.54, 1.807) is 0 Å². The Labute approximate surface area is 113 Å². The largest absolute Gasteiger partial charge is 0.313 e. The van der Waals surface area contributed by atoms with E-state index in [4.69, 9.17) is 5.26 Å². The minimum Gasteiger partial charge on any atom is -0.313 e. The van der Waals surface area contributed by atoms with Crippen LogP contribution in [0.25, 0.3) is 11.1 Å². The first kappa shape index (κ1) is 12.0. The van der Waals surface area contributed by atoms with Crippen LogP contribution in [0.1, 0.15) is 29.2 Å². The maximum absolute atomic E-state index is 8.97. The second-order valence-corrected chi connectivity index (χ2v) is 4.99. The van der Waals surface area contributed by atoms with Crippen LogP contribution >= 0.6 is 0 Å². The van der Waals surface area contributed by atoms with Crippen molar-refractivity contribution in [1.82, 2.24) is 5.32 Å². The zero-order valence-corrected chi connectivity index (χ0v) is 11.0. The molecule has 0 fully saturated rings. The normalized spacial score (nSPS) is 16.9. The second-order valence-electron chi connectivity index (χ2n) is 4.99. The number of fused-ring (bicyclic) bond motifs is 1. The van der Waals surface area contributed by atoms with Gasteiger partial charge in [-0.3, -0.25) is 0 Å². The van der Waals surface area contributed by atoms with Gasteiger partial charge in [0.05, 0.1) is 11.6 Å². The van der Waals surface area contributed by atoms with Gasteiger partial charge in [0, 0.05) is 6.04 Å². The van der Waals surface area contributed by atoms with Gasteiger partial charge in [0.15, 0.2) is 0 Å². The number of aryl methyl sites for hydroxylation is 1. The SMILES string of the molecule is CNC1CCc2cc(-c3cccc(C#N)c3)ccc21. The van der Waals surface area contributed by atoms with Gasteiger partial charge in [-0.2, -0.15) is 5.26 Å². The lowest BCUT2D eigenvalue weighted by Crippen LogP contribution is -2.12. The van der Waals surface area contributed by atoms with Crippen LogP contribution < -0.4 is 5.32 Å². The van der Waals surface area contributed by atoms with E-state index in [2.05, 4.69) is 35.7 Å². The van der Waals surface area contributed by atoms with E-state index in [9.17, 15) is 0 Å². The highest BCUT2D eigenvalue weighted by atomic mass is 14.9. The first-order chi connectivity index (χ1) is 9.31. The molecule has 0 aliphatic heterocycles. The monoisotopic (exact) mass is 248 g/mol. The van der Waals surface area contributed by atoms with Gasteiger partial charge in [-0.15, -0.1) is 0 Å². The van der Waals surface area contributed by atoms with Crippen molar-refractivity contribution in [3.63, 3.8) is 0 Å². The van der Waals surface area contributed by atoms with Crippen LogP contribution in [-0.4, -0.2) is 7.05 Å². The molecule has 94 valence electrons. The molecule has 1 unspecified atom stereocenters. The fraction of sp³-hybridized carbons (Fsp3) is 0.235. The van der Waals surface area contributed by atoms with Crippen LogP contribution in [-0.2, 0) is 6.42 Å². The molecule has 0 radical (unpaired) electrons. The Bertz CT molecular complexity index is 653. The Morgan fingerprint density at radius 1 is 1.16 bits per heavy atom. The summed E-state index contributed by atoms with van der Waals surface area (Å²) in [5.41, 5.74) is 5.88. The summed E-state index contributed by atoms with van der Waals surface area (Å²) in [7, 11) is 2.02. The summed E-state index contributed by atoms with van der Waals surface area (Å²) in [5.74, 6) is 0. The van der Waals surface area contributed by atoms with Crippen molar-refractivity contribution in [3.8, 4) is 17.2 Å². The van der Waals surface area contributed by atoms with Gasteiger partial charge in [0.25, 0.3) is 0 Å². The van der Waals surface area contributed by atoms with Crippen molar-refractivity contribution in [2.45, 2.75) is 18.9 Å². The molecule has 0 spiro atoms. The van der Waals surface area contributed by atoms with Crippen molar-refractivity contribution < 1.29 is 0 Å². The van der Waals surface area contributed by atoms with Crippen LogP contribution in [0.15, 0.2) is 42.5 Å². The predicted molar refractivity (Wildman–Crippen MR) is 76.7 cm³/mol. The summed E-state index contributed by atoms with van der Waals surface area (Å²) < 4.78 is 0. The van der Waals surface area contributed by atoms with Gasteiger partial charge in [0.2, 0.25) is 0 Å². The van der Waals surface area contributed by atoms with Crippen LogP contribution in [0, 0.1) is 11.3 Å². The molecule has 0 bridgehead atoms. The van der Waals surface area contributed by atoms with Gasteiger partial charge >= 0.3 is 0 Å². The third-order valence-corrected chi connectivity index (χ3v) is 3.89. The van der Waals surface area contributed by atoms with Gasteiger partial charge in [-0.25, -0.2) is 0 Å². The summed E-state index contributed by atoms with van der Waals surface area (Å²) in [5, 5.41) is 12.3. The van der Waals surface area contributed by atoms with Gasteiger partial charge in [-0.1, -0.05) is 30.3 Å². The summed E-state index contributed by atoms with van der Waals surface area (Å²) in [6, 6.07) is 17.1. The lowest BCUT2D eigenvalue weighted by atomic mass is 9.98. The fourth-order valence-corrected chi connectivity index (χ4v) is 2.87. The lowest BCUT2D eigenvalue weighted by molar-refractivity contribution is 0.590. The highest BCUT2D eigenvalue weighted by Gasteiger charge is 2.20. The Morgan fingerprint density at radius 2 is 2.00 bits per heavy atom. The summed E-state index contributed by atoms with van der Waals surface area (Å²) in [6.07, 6.45) is 2.31. The number of rotatable bonds is 2. The molecule has 2 aromatic carbocycles. The molecule has 2 aromatic rings. The van der Waals surface area contributed by atoms with Gasteiger partial charge in [-0.05, 0) is 54.3 Å². The molecule has 0 heterocycles. The van der Waals surface area contributed by atoms with E-state index in [0.29, 0.717) is 11.6 Å². The summed E-state index contributed by atoms with van der Waals surface area (Å²) in [6.45, 7) is 0. The fourth-order valence-electron chi connectivity index (χ4n) is 2.87. The standard InChI is InChI=1S/C17H16N2/c1-19-17-8-6-15-10-14(5-7-16(15)17)13-4-2-3-12(9-13)11-18/h2-5,7,9-10,17,19H,6,8H2,1H3. The average molecular weight is 248 g/mol. The number of nitrogens with zero attached hydrogens (tertiary/aromatic N) is 1.